The fourth-order valence-electron chi connectivity index (χ4n) is 4.67. The van der Waals surface area contributed by atoms with Crippen molar-refractivity contribution < 1.29 is 9.18 Å². The van der Waals surface area contributed by atoms with Gasteiger partial charge in [0.05, 0.1) is 5.41 Å². The van der Waals surface area contributed by atoms with Gasteiger partial charge in [-0.05, 0) is 68.3 Å². The lowest BCUT2D eigenvalue weighted by molar-refractivity contribution is -0.141. The molecule has 2 saturated heterocycles. The number of rotatable bonds is 2. The van der Waals surface area contributed by atoms with Crippen molar-refractivity contribution >= 4 is 18.3 Å². The van der Waals surface area contributed by atoms with Crippen LogP contribution in [0.3, 0.4) is 0 Å². The van der Waals surface area contributed by atoms with E-state index in [0.29, 0.717) is 0 Å². The number of nitrogens with one attached hydrogen (secondary N) is 1. The maximum absolute atomic E-state index is 13.7. The van der Waals surface area contributed by atoms with Crippen molar-refractivity contribution in [3.8, 4) is 0 Å². The minimum Gasteiger partial charge on any atom is -0.342 e. The molecule has 0 unspecified atom stereocenters. The summed E-state index contributed by atoms with van der Waals surface area (Å²) in [5.74, 6) is 1.44. The highest BCUT2D eigenvalue weighted by Crippen LogP contribution is 2.46. The van der Waals surface area contributed by atoms with Gasteiger partial charge in [-0.3, -0.25) is 4.79 Å². The Morgan fingerprint density at radius 3 is 2.38 bits per heavy atom. The standard InChI is InChI=1S/C19H25FN2O.ClH/c20-17-4-1-3-16(11-17)19(7-2-8-19)18(23)22-9-5-14-12-21-13-15(14)6-10-22;/h1,3-4,11,14-15,21H,2,5-10,12-13H2;1H/t14-,15+;. The van der Waals surface area contributed by atoms with Crippen LogP contribution in [0.4, 0.5) is 4.39 Å². The minimum atomic E-state index is -0.459. The summed E-state index contributed by atoms with van der Waals surface area (Å²) >= 11 is 0. The van der Waals surface area contributed by atoms with Gasteiger partial charge in [0.2, 0.25) is 5.91 Å². The number of amides is 1. The third kappa shape index (κ3) is 2.95. The molecule has 1 amide bonds. The fraction of sp³-hybridized carbons (Fsp3) is 0.632. The van der Waals surface area contributed by atoms with Gasteiger partial charge in [0.1, 0.15) is 5.82 Å². The first-order valence-electron chi connectivity index (χ1n) is 8.95. The van der Waals surface area contributed by atoms with Gasteiger partial charge in [-0.1, -0.05) is 18.6 Å². The molecule has 2 atom stereocenters. The number of benzene rings is 1. The Hall–Kier alpha value is -1.13. The molecule has 1 saturated carbocycles. The summed E-state index contributed by atoms with van der Waals surface area (Å²) in [6.07, 6.45) is 4.98. The molecule has 3 aliphatic rings. The van der Waals surface area contributed by atoms with Crippen LogP contribution in [0.2, 0.25) is 0 Å². The van der Waals surface area contributed by atoms with Gasteiger partial charge in [-0.25, -0.2) is 4.39 Å². The average Bonchev–Trinajstić information content (AvgIpc) is 2.85. The Kier molecular flexibility index (Phi) is 5.16. The van der Waals surface area contributed by atoms with Crippen LogP contribution in [0.15, 0.2) is 24.3 Å². The first kappa shape index (κ1) is 17.7. The minimum absolute atomic E-state index is 0. The summed E-state index contributed by atoms with van der Waals surface area (Å²) in [6, 6.07) is 6.68. The van der Waals surface area contributed by atoms with Crippen LogP contribution in [-0.4, -0.2) is 37.0 Å². The molecule has 5 heteroatoms. The van der Waals surface area contributed by atoms with Crippen LogP contribution >= 0.6 is 12.4 Å². The highest BCUT2D eigenvalue weighted by atomic mass is 35.5. The van der Waals surface area contributed by atoms with Crippen molar-refractivity contribution in [3.63, 3.8) is 0 Å². The molecular weight excluding hydrogens is 327 g/mol. The predicted molar refractivity (Wildman–Crippen MR) is 94.8 cm³/mol. The van der Waals surface area contributed by atoms with Crippen molar-refractivity contribution in [3.05, 3.63) is 35.6 Å². The number of halogens is 2. The van der Waals surface area contributed by atoms with Crippen molar-refractivity contribution in [1.82, 2.24) is 10.2 Å². The molecule has 2 heterocycles. The van der Waals surface area contributed by atoms with Gasteiger partial charge in [0, 0.05) is 13.1 Å². The van der Waals surface area contributed by atoms with E-state index in [9.17, 15) is 9.18 Å². The maximum Gasteiger partial charge on any atom is 0.233 e. The van der Waals surface area contributed by atoms with Gasteiger partial charge < -0.3 is 10.2 Å². The van der Waals surface area contributed by atoms with E-state index in [0.717, 1.165) is 75.7 Å². The SMILES string of the molecule is Cl.O=C(N1CC[C@@H]2CNC[C@@H]2CC1)C1(c2cccc(F)c2)CCC1. The van der Waals surface area contributed by atoms with Crippen LogP contribution < -0.4 is 5.32 Å². The monoisotopic (exact) mass is 352 g/mol. The number of hydrogen-bond donors (Lipinski definition) is 1. The van der Waals surface area contributed by atoms with E-state index < -0.39 is 5.41 Å². The third-order valence-electron chi connectivity index (χ3n) is 6.30. The Balaban J connectivity index is 0.00000169. The van der Waals surface area contributed by atoms with E-state index >= 15 is 0 Å². The van der Waals surface area contributed by atoms with Crippen LogP contribution in [0.5, 0.6) is 0 Å². The molecule has 1 aromatic rings. The van der Waals surface area contributed by atoms with Crippen molar-refractivity contribution in [1.29, 1.82) is 0 Å². The van der Waals surface area contributed by atoms with Gasteiger partial charge in [-0.2, -0.15) is 0 Å². The number of carbonyl (C=O) groups is 1. The second-order valence-electron chi connectivity index (χ2n) is 7.49. The Labute approximate surface area is 149 Å². The van der Waals surface area contributed by atoms with Crippen LogP contribution in [-0.2, 0) is 10.2 Å². The molecule has 0 spiro atoms. The van der Waals surface area contributed by atoms with E-state index in [2.05, 4.69) is 10.2 Å². The zero-order valence-electron chi connectivity index (χ0n) is 14.0. The van der Waals surface area contributed by atoms with E-state index in [1.165, 1.54) is 6.07 Å². The smallest absolute Gasteiger partial charge is 0.233 e. The van der Waals surface area contributed by atoms with Gasteiger partial charge in [-0.15, -0.1) is 12.4 Å². The molecule has 1 aromatic carbocycles. The zero-order valence-corrected chi connectivity index (χ0v) is 14.8. The van der Waals surface area contributed by atoms with Gasteiger partial charge >= 0.3 is 0 Å². The van der Waals surface area contributed by atoms with E-state index in [-0.39, 0.29) is 24.1 Å². The molecule has 4 rings (SSSR count). The van der Waals surface area contributed by atoms with Crippen LogP contribution in [0.25, 0.3) is 0 Å². The summed E-state index contributed by atoms with van der Waals surface area (Å²) in [5.41, 5.74) is 0.416. The molecule has 3 nitrogen and oxygen atoms in total. The van der Waals surface area contributed by atoms with E-state index in [1.807, 2.05) is 6.07 Å². The summed E-state index contributed by atoms with van der Waals surface area (Å²) in [5, 5.41) is 3.48. The second kappa shape index (κ2) is 7.01. The quantitative estimate of drug-likeness (QED) is 0.887. The second-order valence-corrected chi connectivity index (χ2v) is 7.49. The fourth-order valence-corrected chi connectivity index (χ4v) is 4.67. The molecule has 0 bridgehead atoms. The lowest BCUT2D eigenvalue weighted by Gasteiger charge is -2.44. The lowest BCUT2D eigenvalue weighted by Crippen LogP contribution is -2.51. The van der Waals surface area contributed by atoms with E-state index in [4.69, 9.17) is 0 Å². The average molecular weight is 353 g/mol. The normalized spacial score (nSPS) is 28.3. The highest BCUT2D eigenvalue weighted by Gasteiger charge is 2.48. The first-order chi connectivity index (χ1) is 11.2. The summed E-state index contributed by atoms with van der Waals surface area (Å²) in [6.45, 7) is 3.92. The first-order valence-corrected chi connectivity index (χ1v) is 8.95. The Bertz CT molecular complexity index is 591. The number of hydrogen-bond acceptors (Lipinski definition) is 2. The van der Waals surface area contributed by atoms with Gasteiger partial charge in [0.25, 0.3) is 0 Å². The Morgan fingerprint density at radius 2 is 1.83 bits per heavy atom. The molecule has 0 radical (unpaired) electrons. The maximum atomic E-state index is 13.7. The molecule has 3 fully saturated rings. The number of nitrogens with zero attached hydrogens (tertiary/aromatic N) is 1. The van der Waals surface area contributed by atoms with Crippen LogP contribution in [0, 0.1) is 17.7 Å². The van der Waals surface area contributed by atoms with E-state index in [1.54, 1.807) is 12.1 Å². The highest BCUT2D eigenvalue weighted by molar-refractivity contribution is 5.89. The van der Waals surface area contributed by atoms with Crippen molar-refractivity contribution in [2.45, 2.75) is 37.5 Å². The number of fused-ring (bicyclic) bond motifs is 1. The molecule has 0 aromatic heterocycles. The number of carbonyl (C=O) groups excluding carboxylic acids is 1. The number of likely N-dealkylation sites (tertiary alicyclic amines) is 1. The molecule has 132 valence electrons. The third-order valence-corrected chi connectivity index (χ3v) is 6.30. The molecule has 1 N–H and O–H groups in total. The summed E-state index contributed by atoms with van der Waals surface area (Å²) < 4.78 is 13.7. The molecule has 1 aliphatic carbocycles. The topological polar surface area (TPSA) is 32.3 Å². The van der Waals surface area contributed by atoms with Gasteiger partial charge in [0.15, 0.2) is 0 Å². The molecule has 24 heavy (non-hydrogen) atoms. The van der Waals surface area contributed by atoms with Crippen molar-refractivity contribution in [2.75, 3.05) is 26.2 Å². The Morgan fingerprint density at radius 1 is 1.17 bits per heavy atom. The van der Waals surface area contributed by atoms with Crippen molar-refractivity contribution in [2.24, 2.45) is 11.8 Å². The largest absolute Gasteiger partial charge is 0.342 e. The molecule has 2 aliphatic heterocycles. The van der Waals surface area contributed by atoms with Crippen LogP contribution in [0.1, 0.15) is 37.7 Å². The molecular formula is C19H26ClFN2O. The summed E-state index contributed by atoms with van der Waals surface area (Å²) in [7, 11) is 0. The summed E-state index contributed by atoms with van der Waals surface area (Å²) in [4.78, 5) is 15.3. The zero-order chi connectivity index (χ0) is 15.9. The predicted octanol–water partition coefficient (Wildman–Crippen LogP) is 3.13. The lowest BCUT2D eigenvalue weighted by atomic mass is 9.63.